The summed E-state index contributed by atoms with van der Waals surface area (Å²) >= 11 is 0. The van der Waals surface area contributed by atoms with Gasteiger partial charge in [-0.05, 0) is 18.6 Å². The molecule has 0 radical (unpaired) electrons. The Hall–Kier alpha value is -1.46. The average molecular weight is 224 g/mol. The van der Waals surface area contributed by atoms with Crippen molar-refractivity contribution in [2.24, 2.45) is 0 Å². The van der Waals surface area contributed by atoms with Crippen molar-refractivity contribution in [3.05, 3.63) is 35.6 Å². The lowest BCUT2D eigenvalue weighted by atomic mass is 9.87. The molecule has 0 bridgehead atoms. The van der Waals surface area contributed by atoms with E-state index in [4.69, 9.17) is 5.11 Å². The molecule has 3 unspecified atom stereocenters. The molecule has 1 heterocycles. The van der Waals surface area contributed by atoms with Gasteiger partial charge in [0.2, 0.25) is 0 Å². The molecule has 0 saturated carbocycles. The molecule has 4 nitrogen and oxygen atoms in total. The predicted molar refractivity (Wildman–Crippen MR) is 56.3 cm³/mol. The molecule has 1 fully saturated rings. The Morgan fingerprint density at radius 1 is 1.38 bits per heavy atom. The van der Waals surface area contributed by atoms with Gasteiger partial charge in [0, 0.05) is 12.0 Å². The normalized spacial score (nSPS) is 29.2. The van der Waals surface area contributed by atoms with Gasteiger partial charge in [0.05, 0.1) is 0 Å². The molecule has 1 aliphatic rings. The topological polar surface area (TPSA) is 61.4 Å². The van der Waals surface area contributed by atoms with Gasteiger partial charge >= 0.3 is 5.97 Å². The van der Waals surface area contributed by atoms with Crippen LogP contribution in [0.3, 0.4) is 0 Å². The van der Waals surface area contributed by atoms with Crippen molar-refractivity contribution in [1.82, 2.24) is 10.9 Å². The molecular formula is C11H13FN2O2. The van der Waals surface area contributed by atoms with Crippen LogP contribution >= 0.6 is 0 Å². The lowest BCUT2D eigenvalue weighted by Crippen LogP contribution is -2.38. The van der Waals surface area contributed by atoms with E-state index in [2.05, 4.69) is 10.9 Å². The van der Waals surface area contributed by atoms with Crippen molar-refractivity contribution in [3.8, 4) is 0 Å². The zero-order valence-electron chi connectivity index (χ0n) is 8.77. The lowest BCUT2D eigenvalue weighted by Gasteiger charge is -2.18. The number of hydrogen-bond donors (Lipinski definition) is 3. The molecular weight excluding hydrogens is 211 g/mol. The van der Waals surface area contributed by atoms with E-state index in [1.165, 1.54) is 6.07 Å². The summed E-state index contributed by atoms with van der Waals surface area (Å²) in [6.07, 6.45) is 0. The Bertz CT molecular complexity index is 411. The van der Waals surface area contributed by atoms with E-state index in [9.17, 15) is 9.18 Å². The van der Waals surface area contributed by atoms with Gasteiger partial charge in [-0.15, -0.1) is 0 Å². The fourth-order valence-corrected chi connectivity index (χ4v) is 2.10. The SMILES string of the molecule is CC1NNC(C(=O)O)C1c1ccccc1F. The first-order valence-corrected chi connectivity index (χ1v) is 5.09. The van der Waals surface area contributed by atoms with Crippen LogP contribution in [0.15, 0.2) is 24.3 Å². The van der Waals surface area contributed by atoms with Gasteiger partial charge < -0.3 is 5.11 Å². The molecule has 0 aromatic heterocycles. The third kappa shape index (κ3) is 1.79. The first kappa shape index (κ1) is 11.0. The minimum Gasteiger partial charge on any atom is -0.480 e. The number of rotatable bonds is 2. The van der Waals surface area contributed by atoms with E-state index < -0.39 is 17.9 Å². The molecule has 5 heteroatoms. The molecule has 3 atom stereocenters. The number of benzene rings is 1. The maximum Gasteiger partial charge on any atom is 0.322 e. The summed E-state index contributed by atoms with van der Waals surface area (Å²) in [6, 6.07) is 5.35. The zero-order chi connectivity index (χ0) is 11.7. The van der Waals surface area contributed by atoms with Crippen LogP contribution in [0.2, 0.25) is 0 Å². The summed E-state index contributed by atoms with van der Waals surface area (Å²) in [5.74, 6) is -1.75. The van der Waals surface area contributed by atoms with Crippen molar-refractivity contribution in [3.63, 3.8) is 0 Å². The van der Waals surface area contributed by atoms with Gasteiger partial charge in [0.15, 0.2) is 0 Å². The molecule has 1 aromatic rings. The fraction of sp³-hybridized carbons (Fsp3) is 0.364. The van der Waals surface area contributed by atoms with Gasteiger partial charge in [-0.3, -0.25) is 10.2 Å². The molecule has 0 amide bonds. The predicted octanol–water partition coefficient (Wildman–Crippen LogP) is 0.859. The molecule has 3 N–H and O–H groups in total. The zero-order valence-corrected chi connectivity index (χ0v) is 8.77. The number of hydrazine groups is 1. The van der Waals surface area contributed by atoms with E-state index in [1.807, 2.05) is 6.92 Å². The number of nitrogens with one attached hydrogen (secondary N) is 2. The molecule has 86 valence electrons. The van der Waals surface area contributed by atoms with Crippen molar-refractivity contribution in [1.29, 1.82) is 0 Å². The molecule has 1 aliphatic heterocycles. The Morgan fingerprint density at radius 2 is 2.06 bits per heavy atom. The second-order valence-corrected chi connectivity index (χ2v) is 3.94. The highest BCUT2D eigenvalue weighted by molar-refractivity contribution is 5.75. The Morgan fingerprint density at radius 3 is 2.69 bits per heavy atom. The van der Waals surface area contributed by atoms with Crippen LogP contribution in [-0.2, 0) is 4.79 Å². The van der Waals surface area contributed by atoms with Gasteiger partial charge in [-0.2, -0.15) is 0 Å². The highest BCUT2D eigenvalue weighted by Crippen LogP contribution is 2.29. The van der Waals surface area contributed by atoms with Crippen molar-refractivity contribution < 1.29 is 14.3 Å². The van der Waals surface area contributed by atoms with Crippen molar-refractivity contribution in [2.45, 2.75) is 24.9 Å². The Labute approximate surface area is 92.4 Å². The lowest BCUT2D eigenvalue weighted by molar-refractivity contribution is -0.139. The third-order valence-corrected chi connectivity index (χ3v) is 2.89. The van der Waals surface area contributed by atoms with E-state index >= 15 is 0 Å². The summed E-state index contributed by atoms with van der Waals surface area (Å²) in [6.45, 7) is 1.83. The number of hydrogen-bond acceptors (Lipinski definition) is 3. The number of aliphatic carboxylic acids is 1. The smallest absolute Gasteiger partial charge is 0.322 e. The van der Waals surface area contributed by atoms with E-state index in [0.717, 1.165) is 0 Å². The second kappa shape index (κ2) is 4.19. The summed E-state index contributed by atoms with van der Waals surface area (Å²) in [7, 11) is 0. The number of carboxylic acid groups (broad SMARTS) is 1. The van der Waals surface area contributed by atoms with Gasteiger partial charge in [-0.25, -0.2) is 9.82 Å². The molecule has 0 aliphatic carbocycles. The minimum atomic E-state index is -0.981. The largest absolute Gasteiger partial charge is 0.480 e. The van der Waals surface area contributed by atoms with Gasteiger partial charge in [0.25, 0.3) is 0 Å². The van der Waals surface area contributed by atoms with Crippen LogP contribution in [-0.4, -0.2) is 23.2 Å². The minimum absolute atomic E-state index is 0.127. The first-order chi connectivity index (χ1) is 7.61. The summed E-state index contributed by atoms with van der Waals surface area (Å²) in [5, 5.41) is 9.03. The summed E-state index contributed by atoms with van der Waals surface area (Å²) in [4.78, 5) is 11.0. The standard InChI is InChI=1S/C11H13FN2O2/c1-6-9(10(11(15)16)14-13-6)7-4-2-3-5-8(7)12/h2-6,9-10,13-14H,1H3,(H,15,16). The number of halogens is 1. The van der Waals surface area contributed by atoms with Crippen LogP contribution in [0.4, 0.5) is 4.39 Å². The van der Waals surface area contributed by atoms with Crippen molar-refractivity contribution >= 4 is 5.97 Å². The summed E-state index contributed by atoms with van der Waals surface area (Å²) < 4.78 is 13.6. The second-order valence-electron chi connectivity index (χ2n) is 3.94. The molecule has 0 spiro atoms. The average Bonchev–Trinajstić information content (AvgIpc) is 2.61. The highest BCUT2D eigenvalue weighted by atomic mass is 19.1. The number of carbonyl (C=O) groups is 1. The number of carboxylic acids is 1. The van der Waals surface area contributed by atoms with E-state index in [0.29, 0.717) is 5.56 Å². The van der Waals surface area contributed by atoms with Crippen LogP contribution in [0, 0.1) is 5.82 Å². The Kier molecular flexibility index (Phi) is 2.89. The maximum atomic E-state index is 13.6. The van der Waals surface area contributed by atoms with Crippen molar-refractivity contribution in [2.75, 3.05) is 0 Å². The highest BCUT2D eigenvalue weighted by Gasteiger charge is 2.39. The monoisotopic (exact) mass is 224 g/mol. The first-order valence-electron chi connectivity index (χ1n) is 5.09. The van der Waals surface area contributed by atoms with Gasteiger partial charge in [-0.1, -0.05) is 18.2 Å². The third-order valence-electron chi connectivity index (χ3n) is 2.89. The van der Waals surface area contributed by atoms with Crippen LogP contribution in [0.5, 0.6) is 0 Å². The van der Waals surface area contributed by atoms with Gasteiger partial charge in [0.1, 0.15) is 11.9 Å². The molecule has 1 saturated heterocycles. The van der Waals surface area contributed by atoms with Crippen LogP contribution in [0.1, 0.15) is 18.4 Å². The van der Waals surface area contributed by atoms with E-state index in [1.54, 1.807) is 18.2 Å². The van der Waals surface area contributed by atoms with Crippen LogP contribution < -0.4 is 10.9 Å². The fourth-order valence-electron chi connectivity index (χ4n) is 2.10. The van der Waals surface area contributed by atoms with Crippen LogP contribution in [0.25, 0.3) is 0 Å². The Balaban J connectivity index is 2.37. The quantitative estimate of drug-likeness (QED) is 0.697. The molecule has 2 rings (SSSR count). The molecule has 16 heavy (non-hydrogen) atoms. The maximum absolute atomic E-state index is 13.6. The van der Waals surface area contributed by atoms with E-state index in [-0.39, 0.29) is 11.9 Å². The summed E-state index contributed by atoms with van der Waals surface area (Å²) in [5.41, 5.74) is 5.93. The molecule has 1 aromatic carbocycles.